The Kier molecular flexibility index (Phi) is 4.64. The third-order valence-electron chi connectivity index (χ3n) is 4.29. The number of nitrogens with zero attached hydrogens (tertiary/aromatic N) is 3. The molecule has 1 aromatic heterocycles. The third kappa shape index (κ3) is 3.45. The minimum absolute atomic E-state index is 0.196. The molecule has 0 spiro atoms. The van der Waals surface area contributed by atoms with Crippen LogP contribution in [0.5, 0.6) is 17.4 Å². The number of rotatable bonds is 4. The van der Waals surface area contributed by atoms with Gasteiger partial charge in [-0.05, 0) is 18.6 Å². The van der Waals surface area contributed by atoms with Gasteiger partial charge >= 0.3 is 0 Å². The first kappa shape index (κ1) is 17.0. The molecule has 1 aromatic carbocycles. The van der Waals surface area contributed by atoms with Gasteiger partial charge in [-0.15, -0.1) is 0 Å². The second-order valence-electron chi connectivity index (χ2n) is 6.09. The van der Waals surface area contributed by atoms with Crippen LogP contribution in [0.15, 0.2) is 41.7 Å². The van der Waals surface area contributed by atoms with Crippen molar-refractivity contribution in [2.24, 2.45) is 0 Å². The average molecular weight is 377 g/mol. The lowest BCUT2D eigenvalue weighted by molar-refractivity contribution is 0.206. The zero-order chi connectivity index (χ0) is 18.0. The molecule has 0 N–H and O–H groups in total. The molecule has 1 saturated heterocycles. The highest BCUT2D eigenvalue weighted by Crippen LogP contribution is 2.33. The summed E-state index contributed by atoms with van der Waals surface area (Å²) in [5, 5.41) is 0. The molecule has 0 saturated carbocycles. The molecule has 1 fully saturated rings. The summed E-state index contributed by atoms with van der Waals surface area (Å²) in [4.78, 5) is 8.20. The van der Waals surface area contributed by atoms with E-state index in [4.69, 9.17) is 14.2 Å². The van der Waals surface area contributed by atoms with E-state index in [1.165, 1.54) is 22.8 Å². The highest BCUT2D eigenvalue weighted by atomic mass is 32.2. The maximum absolute atomic E-state index is 13.0. The monoisotopic (exact) mass is 377 g/mol. The number of benzene rings is 1. The van der Waals surface area contributed by atoms with Crippen LogP contribution in [0.2, 0.25) is 0 Å². The van der Waals surface area contributed by atoms with Crippen LogP contribution >= 0.6 is 0 Å². The summed E-state index contributed by atoms with van der Waals surface area (Å²) in [5.41, 5.74) is 0. The summed E-state index contributed by atoms with van der Waals surface area (Å²) in [6, 6.07) is 4.74. The Bertz CT molecular complexity index is 875. The highest BCUT2D eigenvalue weighted by Gasteiger charge is 2.34. The standard InChI is InChI=1S/C17H19N3O5S/c21-26(22,14-2-3-15-16(10-14)24-9-1-8-23-15)20-7-4-13(12-20)25-17-11-18-5-6-19-17/h2-3,5-6,10-11,13H,1,4,7-9,12H2. The molecule has 4 rings (SSSR count). The number of fused-ring (bicyclic) bond motifs is 1. The number of ether oxygens (including phenoxy) is 3. The zero-order valence-corrected chi connectivity index (χ0v) is 14.9. The highest BCUT2D eigenvalue weighted by molar-refractivity contribution is 7.89. The Morgan fingerprint density at radius 1 is 1.15 bits per heavy atom. The molecule has 9 heteroatoms. The van der Waals surface area contributed by atoms with E-state index in [0.29, 0.717) is 43.6 Å². The predicted octanol–water partition coefficient (Wildman–Crippen LogP) is 1.48. The van der Waals surface area contributed by atoms with Crippen LogP contribution < -0.4 is 14.2 Å². The fraction of sp³-hybridized carbons (Fsp3) is 0.412. The summed E-state index contributed by atoms with van der Waals surface area (Å²) in [6.45, 7) is 1.73. The van der Waals surface area contributed by atoms with Gasteiger partial charge in [0.05, 0.1) is 30.9 Å². The Balaban J connectivity index is 1.49. The molecule has 138 valence electrons. The molecule has 0 radical (unpaired) electrons. The first-order valence-corrected chi connectivity index (χ1v) is 9.89. The van der Waals surface area contributed by atoms with Gasteiger partial charge < -0.3 is 14.2 Å². The first-order chi connectivity index (χ1) is 12.6. The van der Waals surface area contributed by atoms with Crippen LogP contribution in [0.25, 0.3) is 0 Å². The SMILES string of the molecule is O=S(=O)(c1ccc2c(c1)OCCCO2)N1CCC(Oc2cnccn2)C1. The van der Waals surface area contributed by atoms with Gasteiger partial charge in [0.15, 0.2) is 11.5 Å². The second-order valence-corrected chi connectivity index (χ2v) is 8.03. The van der Waals surface area contributed by atoms with Crippen molar-refractivity contribution in [1.29, 1.82) is 0 Å². The molecule has 0 bridgehead atoms. The lowest BCUT2D eigenvalue weighted by Crippen LogP contribution is -2.31. The van der Waals surface area contributed by atoms with E-state index >= 15 is 0 Å². The van der Waals surface area contributed by atoms with Crippen molar-refractivity contribution in [2.45, 2.75) is 23.8 Å². The topological polar surface area (TPSA) is 90.9 Å². The molecule has 2 aromatic rings. The van der Waals surface area contributed by atoms with Crippen molar-refractivity contribution >= 4 is 10.0 Å². The number of hydrogen-bond donors (Lipinski definition) is 0. The normalized spacial score (nSPS) is 20.5. The zero-order valence-electron chi connectivity index (χ0n) is 14.1. The van der Waals surface area contributed by atoms with Gasteiger partial charge in [-0.25, -0.2) is 13.4 Å². The minimum atomic E-state index is -3.63. The summed E-state index contributed by atoms with van der Waals surface area (Å²) in [6.07, 6.45) is 5.73. The van der Waals surface area contributed by atoms with Crippen LogP contribution in [-0.4, -0.2) is 55.1 Å². The van der Waals surface area contributed by atoms with Gasteiger partial charge in [0, 0.05) is 31.4 Å². The van der Waals surface area contributed by atoms with E-state index in [2.05, 4.69) is 9.97 Å². The third-order valence-corrected chi connectivity index (χ3v) is 6.15. The Morgan fingerprint density at radius 2 is 2.00 bits per heavy atom. The van der Waals surface area contributed by atoms with Crippen LogP contribution in [0.3, 0.4) is 0 Å². The molecule has 0 aliphatic carbocycles. The van der Waals surface area contributed by atoms with E-state index < -0.39 is 10.0 Å². The van der Waals surface area contributed by atoms with Crippen LogP contribution in [0.1, 0.15) is 12.8 Å². The van der Waals surface area contributed by atoms with Crippen molar-refractivity contribution in [3.63, 3.8) is 0 Å². The Hall–Kier alpha value is -2.39. The summed E-state index contributed by atoms with van der Waals surface area (Å²) >= 11 is 0. The van der Waals surface area contributed by atoms with Gasteiger partial charge in [-0.3, -0.25) is 4.98 Å². The fourth-order valence-corrected chi connectivity index (χ4v) is 4.48. The van der Waals surface area contributed by atoms with Crippen molar-refractivity contribution in [3.05, 3.63) is 36.8 Å². The van der Waals surface area contributed by atoms with E-state index in [1.54, 1.807) is 18.3 Å². The molecule has 1 unspecified atom stereocenters. The lowest BCUT2D eigenvalue weighted by Gasteiger charge is -2.18. The van der Waals surface area contributed by atoms with Crippen molar-refractivity contribution in [2.75, 3.05) is 26.3 Å². The molecular weight excluding hydrogens is 358 g/mol. The largest absolute Gasteiger partial charge is 0.490 e. The smallest absolute Gasteiger partial charge is 0.243 e. The Labute approximate surface area is 151 Å². The van der Waals surface area contributed by atoms with Crippen LogP contribution in [0.4, 0.5) is 0 Å². The van der Waals surface area contributed by atoms with Crippen LogP contribution in [0, 0.1) is 0 Å². The molecule has 26 heavy (non-hydrogen) atoms. The van der Waals surface area contributed by atoms with E-state index in [0.717, 1.165) is 6.42 Å². The summed E-state index contributed by atoms with van der Waals surface area (Å²) in [5.74, 6) is 1.44. The molecule has 0 amide bonds. The van der Waals surface area contributed by atoms with Crippen molar-refractivity contribution < 1.29 is 22.6 Å². The molecule has 1 atom stereocenters. The van der Waals surface area contributed by atoms with Crippen molar-refractivity contribution in [1.82, 2.24) is 14.3 Å². The quantitative estimate of drug-likeness (QED) is 0.797. The summed E-state index contributed by atoms with van der Waals surface area (Å²) in [7, 11) is -3.63. The van der Waals surface area contributed by atoms with Crippen LogP contribution in [-0.2, 0) is 10.0 Å². The second kappa shape index (κ2) is 7.08. The lowest BCUT2D eigenvalue weighted by atomic mass is 10.3. The van der Waals surface area contributed by atoms with Gasteiger partial charge in [-0.1, -0.05) is 0 Å². The first-order valence-electron chi connectivity index (χ1n) is 8.45. The minimum Gasteiger partial charge on any atom is -0.490 e. The predicted molar refractivity (Wildman–Crippen MR) is 91.9 cm³/mol. The Morgan fingerprint density at radius 3 is 2.81 bits per heavy atom. The average Bonchev–Trinajstić information content (AvgIpc) is 2.99. The van der Waals surface area contributed by atoms with Gasteiger partial charge in [0.2, 0.25) is 15.9 Å². The van der Waals surface area contributed by atoms with Gasteiger partial charge in [0.25, 0.3) is 0 Å². The van der Waals surface area contributed by atoms with Gasteiger partial charge in [-0.2, -0.15) is 4.31 Å². The molecular formula is C17H19N3O5S. The molecule has 2 aliphatic heterocycles. The van der Waals surface area contributed by atoms with E-state index in [9.17, 15) is 8.42 Å². The van der Waals surface area contributed by atoms with Crippen molar-refractivity contribution in [3.8, 4) is 17.4 Å². The number of sulfonamides is 1. The maximum atomic E-state index is 13.0. The number of hydrogen-bond acceptors (Lipinski definition) is 7. The van der Waals surface area contributed by atoms with E-state index in [1.807, 2.05) is 0 Å². The fourth-order valence-electron chi connectivity index (χ4n) is 2.98. The summed E-state index contributed by atoms with van der Waals surface area (Å²) < 4.78 is 44.2. The number of aromatic nitrogens is 2. The molecule has 8 nitrogen and oxygen atoms in total. The van der Waals surface area contributed by atoms with Gasteiger partial charge in [0.1, 0.15) is 6.10 Å². The maximum Gasteiger partial charge on any atom is 0.243 e. The molecule has 2 aliphatic rings. The molecule has 3 heterocycles. The van der Waals surface area contributed by atoms with E-state index in [-0.39, 0.29) is 17.5 Å².